The van der Waals surface area contributed by atoms with Gasteiger partial charge in [-0.15, -0.1) is 12.4 Å². The third kappa shape index (κ3) is 1.95. The molecule has 1 aromatic rings. The van der Waals surface area contributed by atoms with Gasteiger partial charge in [0.15, 0.2) is 0 Å². The van der Waals surface area contributed by atoms with Crippen molar-refractivity contribution in [3.63, 3.8) is 0 Å². The molecule has 0 N–H and O–H groups in total. The monoisotopic (exact) mass is 178 g/mol. The molecule has 1 rings (SSSR count). The van der Waals surface area contributed by atoms with E-state index >= 15 is 0 Å². The standard InChI is InChI=1S/C6H3F2.Al.ClH.2H/c7-5-2-1-3-6(8)4-5;;;;/h1-3H;;1H;;. The van der Waals surface area contributed by atoms with Crippen LogP contribution in [0.2, 0.25) is 0 Å². The number of hydrogen-bond acceptors (Lipinski definition) is 0. The highest BCUT2D eigenvalue weighted by Gasteiger charge is 1.99. The van der Waals surface area contributed by atoms with Crippen LogP contribution in [0.4, 0.5) is 8.78 Å². The van der Waals surface area contributed by atoms with Crippen LogP contribution in [0.1, 0.15) is 0 Å². The van der Waals surface area contributed by atoms with Crippen molar-refractivity contribution in [1.82, 2.24) is 0 Å². The molecule has 4 heteroatoms. The highest BCUT2D eigenvalue weighted by atomic mass is 35.5. The first-order valence-corrected chi connectivity index (χ1v) is 3.62. The molecule has 0 bridgehead atoms. The van der Waals surface area contributed by atoms with Gasteiger partial charge in [0.05, 0.1) is 0 Å². The Labute approximate surface area is 72.1 Å². The average Bonchev–Trinajstić information content (AvgIpc) is 1.83. The van der Waals surface area contributed by atoms with Crippen LogP contribution >= 0.6 is 12.4 Å². The van der Waals surface area contributed by atoms with Crippen molar-refractivity contribution in [2.45, 2.75) is 0 Å². The molecule has 0 aliphatic rings. The van der Waals surface area contributed by atoms with Crippen molar-refractivity contribution >= 4 is 33.1 Å². The van der Waals surface area contributed by atoms with Crippen LogP contribution in [0.5, 0.6) is 0 Å². The second-order valence-electron chi connectivity index (χ2n) is 1.85. The summed E-state index contributed by atoms with van der Waals surface area (Å²) >= 11 is 0.428. The summed E-state index contributed by atoms with van der Waals surface area (Å²) in [6.45, 7) is 0. The lowest BCUT2D eigenvalue weighted by molar-refractivity contribution is 0.598. The third-order valence-corrected chi connectivity index (χ3v) is 2.16. The maximum atomic E-state index is 12.4. The molecule has 0 atom stereocenters. The number of benzene rings is 1. The largest absolute Gasteiger partial charge is 0.268 e. The van der Waals surface area contributed by atoms with Crippen LogP contribution in [0.25, 0.3) is 0 Å². The smallest absolute Gasteiger partial charge is 0.208 e. The Morgan fingerprint density at radius 1 is 1.10 bits per heavy atom. The third-order valence-electron chi connectivity index (χ3n) is 1.20. The minimum Gasteiger partial charge on any atom is -0.208 e. The molecule has 0 nitrogen and oxygen atoms in total. The van der Waals surface area contributed by atoms with E-state index in [0.29, 0.717) is 16.3 Å². The van der Waals surface area contributed by atoms with Gasteiger partial charge in [-0.3, -0.25) is 0 Å². The Bertz CT molecular complexity index is 207. The van der Waals surface area contributed by atoms with Gasteiger partial charge in [0.25, 0.3) is 16.3 Å². The molecule has 0 amide bonds. The van der Waals surface area contributed by atoms with E-state index in [4.69, 9.17) is 0 Å². The fourth-order valence-corrected chi connectivity index (χ4v) is 0.914. The van der Waals surface area contributed by atoms with E-state index in [-0.39, 0.29) is 16.8 Å². The number of hydrogen-bond donors (Lipinski definition) is 0. The molecular formula is C6H6AlClF2. The second kappa shape index (κ2) is 3.92. The van der Waals surface area contributed by atoms with Gasteiger partial charge < -0.3 is 0 Å². The van der Waals surface area contributed by atoms with Crippen LogP contribution in [0.3, 0.4) is 0 Å². The second-order valence-corrected chi connectivity index (χ2v) is 2.85. The van der Waals surface area contributed by atoms with Crippen molar-refractivity contribution in [2.75, 3.05) is 0 Å². The first-order valence-electron chi connectivity index (χ1n) is 2.62. The summed E-state index contributed by atoms with van der Waals surface area (Å²) in [5.74, 6) is -0.858. The van der Waals surface area contributed by atoms with Crippen molar-refractivity contribution in [1.29, 1.82) is 0 Å². The first kappa shape index (κ1) is 9.90. The maximum Gasteiger partial charge on any atom is 0.268 e. The van der Waals surface area contributed by atoms with Gasteiger partial charge in [0.1, 0.15) is 11.6 Å². The van der Waals surface area contributed by atoms with Gasteiger partial charge in [-0.1, -0.05) is 10.5 Å². The predicted octanol–water partition coefficient (Wildman–Crippen LogP) is 0.645. The Hall–Kier alpha value is -0.0975. The lowest BCUT2D eigenvalue weighted by Crippen LogP contribution is -2.12. The normalized spacial score (nSPS) is 8.60. The van der Waals surface area contributed by atoms with Gasteiger partial charge in [-0.05, 0) is 12.1 Å². The van der Waals surface area contributed by atoms with Gasteiger partial charge in [0.2, 0.25) is 0 Å². The number of halogens is 3. The van der Waals surface area contributed by atoms with E-state index < -0.39 is 11.6 Å². The van der Waals surface area contributed by atoms with Crippen LogP contribution in [0.15, 0.2) is 18.2 Å². The van der Waals surface area contributed by atoms with Crippen molar-refractivity contribution < 1.29 is 8.78 Å². The molecule has 0 spiro atoms. The Morgan fingerprint density at radius 2 is 1.50 bits per heavy atom. The summed E-state index contributed by atoms with van der Waals surface area (Å²) in [7, 11) is 0. The molecule has 0 unspecified atom stereocenters. The van der Waals surface area contributed by atoms with Crippen LogP contribution < -0.4 is 4.43 Å². The highest BCUT2D eigenvalue weighted by molar-refractivity contribution is 6.32. The van der Waals surface area contributed by atoms with E-state index in [2.05, 4.69) is 0 Å². The molecule has 10 heavy (non-hydrogen) atoms. The van der Waals surface area contributed by atoms with Crippen molar-refractivity contribution in [3.8, 4) is 0 Å². The molecule has 0 fully saturated rings. The summed E-state index contributed by atoms with van der Waals surface area (Å²) in [5, 5.41) is 0. The fourth-order valence-electron chi connectivity index (χ4n) is 0.581. The highest BCUT2D eigenvalue weighted by Crippen LogP contribution is 1.95. The summed E-state index contributed by atoms with van der Waals surface area (Å²) in [6, 6.07) is 3.91. The molecule has 0 saturated heterocycles. The molecule has 0 aliphatic heterocycles. The quantitative estimate of drug-likeness (QED) is 0.512. The molecule has 54 valence electrons. The lowest BCUT2D eigenvalue weighted by atomic mass is 10.3. The van der Waals surface area contributed by atoms with Gasteiger partial charge in [-0.25, -0.2) is 8.78 Å². The van der Waals surface area contributed by atoms with Gasteiger partial charge in [0, 0.05) is 0 Å². The fraction of sp³-hybridized carbons (Fsp3) is 0. The van der Waals surface area contributed by atoms with Crippen LogP contribution in [-0.4, -0.2) is 16.3 Å². The van der Waals surface area contributed by atoms with Crippen LogP contribution in [-0.2, 0) is 0 Å². The molecule has 0 aliphatic carbocycles. The molecular weight excluding hydrogens is 172 g/mol. The Morgan fingerprint density at radius 3 is 1.80 bits per heavy atom. The van der Waals surface area contributed by atoms with Crippen molar-refractivity contribution in [3.05, 3.63) is 29.8 Å². The minimum absolute atomic E-state index is 0. The van der Waals surface area contributed by atoms with E-state index in [1.807, 2.05) is 0 Å². The van der Waals surface area contributed by atoms with Crippen molar-refractivity contribution in [2.24, 2.45) is 0 Å². The maximum absolute atomic E-state index is 12.4. The van der Waals surface area contributed by atoms with E-state index in [1.54, 1.807) is 0 Å². The summed E-state index contributed by atoms with van der Waals surface area (Å²) in [6.07, 6.45) is 0. The average molecular weight is 179 g/mol. The van der Waals surface area contributed by atoms with Crippen LogP contribution in [0, 0.1) is 11.6 Å². The summed E-state index contributed by atoms with van der Waals surface area (Å²) in [4.78, 5) is 0. The SMILES string of the molecule is Cl.Fc1cccc(F)[c]1[AlH2]. The zero-order valence-corrected chi connectivity index (χ0v) is 8.21. The molecule has 0 aromatic heterocycles. The molecule has 0 heterocycles. The van der Waals surface area contributed by atoms with E-state index in [0.717, 1.165) is 0 Å². The lowest BCUT2D eigenvalue weighted by Gasteiger charge is -1.94. The number of rotatable bonds is 0. The molecule has 0 saturated carbocycles. The first-order chi connectivity index (χ1) is 4.22. The van der Waals surface area contributed by atoms with E-state index in [1.165, 1.54) is 18.2 Å². The molecule has 0 radical (unpaired) electrons. The summed E-state index contributed by atoms with van der Waals surface area (Å²) in [5.41, 5.74) is 0. The zero-order valence-electron chi connectivity index (χ0n) is 5.40. The molecule has 1 aromatic carbocycles. The zero-order chi connectivity index (χ0) is 6.85. The predicted molar refractivity (Wildman–Crippen MR) is 41.8 cm³/mol. The van der Waals surface area contributed by atoms with Gasteiger partial charge in [-0.2, -0.15) is 0 Å². The minimum atomic E-state index is -0.429. The van der Waals surface area contributed by atoms with Gasteiger partial charge >= 0.3 is 0 Å². The Kier molecular flexibility index (Phi) is 3.89. The Balaban J connectivity index is 0.000000810. The van der Waals surface area contributed by atoms with E-state index in [9.17, 15) is 8.78 Å². The topological polar surface area (TPSA) is 0 Å². The summed E-state index contributed by atoms with van der Waals surface area (Å²) < 4.78 is 25.0.